The van der Waals surface area contributed by atoms with Crippen molar-refractivity contribution in [3.8, 4) is 0 Å². The summed E-state index contributed by atoms with van der Waals surface area (Å²) in [5.41, 5.74) is 0.291. The number of hydrogen-bond donors (Lipinski definition) is 1. The Labute approximate surface area is 117 Å². The largest absolute Gasteiger partial charge is 0.477 e. The van der Waals surface area contributed by atoms with Crippen molar-refractivity contribution in [2.75, 3.05) is 6.26 Å². The van der Waals surface area contributed by atoms with Gasteiger partial charge in [0.05, 0.1) is 5.02 Å². The predicted molar refractivity (Wildman–Crippen MR) is 75.7 cm³/mol. The summed E-state index contributed by atoms with van der Waals surface area (Å²) in [7, 11) is 0. The van der Waals surface area contributed by atoms with E-state index >= 15 is 0 Å². The van der Waals surface area contributed by atoms with E-state index < -0.39 is 5.97 Å². The maximum atomic E-state index is 11.2. The molecule has 1 aliphatic carbocycles. The molecule has 1 aliphatic rings. The minimum absolute atomic E-state index is 0.171. The van der Waals surface area contributed by atoms with Crippen molar-refractivity contribution in [3.05, 3.63) is 23.0 Å². The minimum atomic E-state index is -0.908. The predicted octanol–water partition coefficient (Wildman–Crippen LogP) is 3.91. The lowest BCUT2D eigenvalue weighted by Crippen LogP contribution is -2.33. The molecule has 1 N–H and O–H groups in total. The van der Waals surface area contributed by atoms with Gasteiger partial charge >= 0.3 is 5.97 Å². The van der Waals surface area contributed by atoms with Crippen LogP contribution in [0, 0.1) is 0 Å². The van der Waals surface area contributed by atoms with Crippen LogP contribution in [0.2, 0.25) is 5.02 Å². The van der Waals surface area contributed by atoms with Crippen LogP contribution in [0.1, 0.15) is 42.6 Å². The zero-order chi connectivity index (χ0) is 13.2. The van der Waals surface area contributed by atoms with Gasteiger partial charge in [-0.25, -0.2) is 4.79 Å². The number of halogens is 1. The van der Waals surface area contributed by atoms with Crippen LogP contribution in [0.25, 0.3) is 0 Å². The van der Waals surface area contributed by atoms with Crippen molar-refractivity contribution < 1.29 is 9.90 Å². The summed E-state index contributed by atoms with van der Waals surface area (Å²) in [6.45, 7) is 0.739. The third-order valence-electron chi connectivity index (χ3n) is 3.74. The summed E-state index contributed by atoms with van der Waals surface area (Å²) in [5, 5.41) is 9.68. The Balaban J connectivity index is 2.23. The number of aromatic carboxylic acids is 1. The van der Waals surface area contributed by atoms with Crippen LogP contribution in [-0.2, 0) is 6.54 Å². The smallest absolute Gasteiger partial charge is 0.352 e. The third-order valence-corrected chi connectivity index (χ3v) is 5.35. The highest BCUT2D eigenvalue weighted by molar-refractivity contribution is 8.00. The second kappa shape index (κ2) is 5.57. The molecule has 18 heavy (non-hydrogen) atoms. The molecule has 0 spiro atoms. The van der Waals surface area contributed by atoms with Gasteiger partial charge in [-0.2, -0.15) is 11.8 Å². The van der Waals surface area contributed by atoms with E-state index in [9.17, 15) is 9.90 Å². The Morgan fingerprint density at radius 1 is 1.50 bits per heavy atom. The average molecular weight is 288 g/mol. The van der Waals surface area contributed by atoms with Gasteiger partial charge in [0, 0.05) is 17.5 Å². The normalized spacial score (nSPS) is 18.8. The molecule has 2 rings (SSSR count). The van der Waals surface area contributed by atoms with E-state index in [1.54, 1.807) is 10.8 Å². The summed E-state index contributed by atoms with van der Waals surface area (Å²) in [6.07, 6.45) is 9.93. The summed E-state index contributed by atoms with van der Waals surface area (Å²) < 4.78 is 1.97. The van der Waals surface area contributed by atoms with Gasteiger partial charge in [-0.05, 0) is 25.2 Å². The lowest BCUT2D eigenvalue weighted by Gasteiger charge is -2.36. The molecule has 0 bridgehead atoms. The first-order valence-corrected chi connectivity index (χ1v) is 7.81. The number of thioether (sulfide) groups is 1. The van der Waals surface area contributed by atoms with Crippen molar-refractivity contribution in [2.24, 2.45) is 0 Å². The van der Waals surface area contributed by atoms with E-state index in [0.717, 1.165) is 19.4 Å². The number of hydrogen-bond acceptors (Lipinski definition) is 2. The lowest BCUT2D eigenvalue weighted by molar-refractivity contribution is 0.0684. The molecule has 0 saturated heterocycles. The number of nitrogens with zero attached hydrogens (tertiary/aromatic N) is 1. The topological polar surface area (TPSA) is 42.2 Å². The van der Waals surface area contributed by atoms with Crippen molar-refractivity contribution in [3.63, 3.8) is 0 Å². The molecule has 1 fully saturated rings. The number of carboxylic acids is 1. The number of rotatable bonds is 4. The molecular formula is C13H18ClNO2S. The molecule has 0 unspecified atom stereocenters. The molecule has 1 aromatic rings. The van der Waals surface area contributed by atoms with Gasteiger partial charge < -0.3 is 9.67 Å². The maximum Gasteiger partial charge on any atom is 0.352 e. The molecule has 0 radical (unpaired) electrons. The maximum absolute atomic E-state index is 11.2. The second-order valence-corrected chi connectivity index (χ2v) is 6.64. The third kappa shape index (κ3) is 2.86. The van der Waals surface area contributed by atoms with Gasteiger partial charge in [0.2, 0.25) is 0 Å². The van der Waals surface area contributed by atoms with Crippen LogP contribution in [0.4, 0.5) is 0 Å². The van der Waals surface area contributed by atoms with Crippen LogP contribution in [0.3, 0.4) is 0 Å². The number of carbonyl (C=O) groups is 1. The quantitative estimate of drug-likeness (QED) is 0.913. The first-order valence-electron chi connectivity index (χ1n) is 6.20. The van der Waals surface area contributed by atoms with Gasteiger partial charge in [0.1, 0.15) is 5.69 Å². The molecule has 1 heterocycles. The summed E-state index contributed by atoms with van der Waals surface area (Å²) >= 11 is 7.79. The molecular weight excluding hydrogens is 270 g/mol. The first kappa shape index (κ1) is 13.8. The molecule has 0 aliphatic heterocycles. The van der Waals surface area contributed by atoms with Gasteiger partial charge in [-0.3, -0.25) is 0 Å². The number of carboxylic acid groups (broad SMARTS) is 1. The highest BCUT2D eigenvalue weighted by atomic mass is 35.5. The summed E-state index contributed by atoms with van der Waals surface area (Å²) in [6, 6.07) is 1.53. The fourth-order valence-corrected chi connectivity index (χ4v) is 3.90. The van der Waals surface area contributed by atoms with Crippen molar-refractivity contribution in [2.45, 2.75) is 43.4 Å². The molecule has 0 aromatic carbocycles. The number of aromatic nitrogens is 1. The standard InChI is InChI=1S/C13H18ClNO2S/c1-18-13(5-3-2-4-6-13)9-15-8-10(14)7-11(15)12(16)17/h7-8H,2-6,9H2,1H3,(H,16,17). The molecule has 1 aromatic heterocycles. The Kier molecular flexibility index (Phi) is 4.28. The Morgan fingerprint density at radius 2 is 2.17 bits per heavy atom. The van der Waals surface area contributed by atoms with E-state index in [0.29, 0.717) is 10.7 Å². The van der Waals surface area contributed by atoms with Gasteiger partial charge in [-0.15, -0.1) is 0 Å². The van der Waals surface area contributed by atoms with E-state index in [1.165, 1.54) is 25.3 Å². The van der Waals surface area contributed by atoms with E-state index in [1.807, 2.05) is 11.8 Å². The van der Waals surface area contributed by atoms with Gasteiger partial charge in [0.15, 0.2) is 0 Å². The van der Waals surface area contributed by atoms with Crippen LogP contribution in [0.5, 0.6) is 0 Å². The van der Waals surface area contributed by atoms with Crippen LogP contribution in [-0.4, -0.2) is 26.6 Å². The highest BCUT2D eigenvalue weighted by Crippen LogP contribution is 2.40. The zero-order valence-electron chi connectivity index (χ0n) is 10.5. The zero-order valence-corrected chi connectivity index (χ0v) is 12.1. The van der Waals surface area contributed by atoms with Crippen LogP contribution in [0.15, 0.2) is 12.3 Å². The van der Waals surface area contributed by atoms with E-state index in [2.05, 4.69) is 6.26 Å². The highest BCUT2D eigenvalue weighted by Gasteiger charge is 2.32. The van der Waals surface area contributed by atoms with E-state index in [-0.39, 0.29) is 4.75 Å². The lowest BCUT2D eigenvalue weighted by atomic mass is 9.88. The molecule has 0 amide bonds. The van der Waals surface area contributed by atoms with Gasteiger partial charge in [0.25, 0.3) is 0 Å². The SMILES string of the molecule is CSC1(Cn2cc(Cl)cc2C(=O)O)CCCCC1. The molecule has 5 heteroatoms. The fraction of sp³-hybridized carbons (Fsp3) is 0.615. The first-order chi connectivity index (χ1) is 8.56. The molecule has 1 saturated carbocycles. The molecule has 0 atom stereocenters. The summed E-state index contributed by atoms with van der Waals surface area (Å²) in [5.74, 6) is -0.908. The van der Waals surface area contributed by atoms with Crippen molar-refractivity contribution in [1.82, 2.24) is 4.57 Å². The Hall–Kier alpha value is -0.610. The average Bonchev–Trinajstić information content (AvgIpc) is 2.71. The van der Waals surface area contributed by atoms with Crippen LogP contribution < -0.4 is 0 Å². The van der Waals surface area contributed by atoms with Crippen molar-refractivity contribution >= 4 is 29.3 Å². The Bertz CT molecular complexity index is 438. The van der Waals surface area contributed by atoms with Crippen LogP contribution >= 0.6 is 23.4 Å². The molecule has 100 valence electrons. The monoisotopic (exact) mass is 287 g/mol. The molecule has 3 nitrogen and oxygen atoms in total. The summed E-state index contributed by atoms with van der Waals surface area (Å²) in [4.78, 5) is 11.2. The second-order valence-electron chi connectivity index (χ2n) is 4.92. The van der Waals surface area contributed by atoms with Gasteiger partial charge in [-0.1, -0.05) is 30.9 Å². The Morgan fingerprint density at radius 3 is 2.72 bits per heavy atom. The fourth-order valence-electron chi connectivity index (χ4n) is 2.72. The van der Waals surface area contributed by atoms with Crippen molar-refractivity contribution in [1.29, 1.82) is 0 Å². The van der Waals surface area contributed by atoms with E-state index in [4.69, 9.17) is 11.6 Å². The minimum Gasteiger partial charge on any atom is -0.477 e.